The monoisotopic (exact) mass is 455 g/mol. The van der Waals surface area contributed by atoms with Crippen LogP contribution in [0.1, 0.15) is 63.7 Å². The summed E-state index contributed by atoms with van der Waals surface area (Å²) in [4.78, 5) is 29.6. The lowest BCUT2D eigenvalue weighted by Crippen LogP contribution is -2.58. The summed E-state index contributed by atoms with van der Waals surface area (Å²) in [6, 6.07) is 5.45. The molecule has 3 saturated heterocycles. The molecular formula is C26H37N3O4. The van der Waals surface area contributed by atoms with Crippen molar-refractivity contribution in [1.29, 1.82) is 0 Å². The zero-order valence-electron chi connectivity index (χ0n) is 20.3. The topological polar surface area (TPSA) is 85.1 Å². The first-order valence-corrected chi connectivity index (χ1v) is 12.5. The van der Waals surface area contributed by atoms with Gasteiger partial charge in [0.05, 0.1) is 18.2 Å². The van der Waals surface area contributed by atoms with E-state index in [2.05, 4.69) is 39.0 Å². The number of aryl methyl sites for hydroxylation is 1. The highest BCUT2D eigenvalue weighted by molar-refractivity contribution is 5.90. The van der Waals surface area contributed by atoms with Gasteiger partial charge >= 0.3 is 0 Å². The first-order valence-electron chi connectivity index (χ1n) is 12.5. The summed E-state index contributed by atoms with van der Waals surface area (Å²) in [6.07, 6.45) is 3.54. The fraction of sp³-hybridized carbons (Fsp3) is 0.692. The molecule has 7 nitrogen and oxygen atoms in total. The van der Waals surface area contributed by atoms with E-state index in [1.54, 1.807) is 11.8 Å². The average molecular weight is 456 g/mol. The number of ether oxygens (including phenoxy) is 2. The summed E-state index contributed by atoms with van der Waals surface area (Å²) in [7, 11) is 0. The minimum atomic E-state index is -0.576. The average Bonchev–Trinajstić information content (AvgIpc) is 3.26. The second-order valence-electron chi connectivity index (χ2n) is 11.0. The number of hydrogen-bond donors (Lipinski definition) is 1. The van der Waals surface area contributed by atoms with Crippen molar-refractivity contribution in [3.05, 3.63) is 29.3 Å². The molecule has 5 rings (SSSR count). The van der Waals surface area contributed by atoms with Crippen molar-refractivity contribution < 1.29 is 19.1 Å². The van der Waals surface area contributed by atoms with Crippen LogP contribution in [0, 0.1) is 18.8 Å². The largest absolute Gasteiger partial charge is 0.487 e. The number of rotatable bonds is 2. The SMILES string of the molecule is Cc1ccc2c(c1)OC(C)(C)[C@H]1C[C@@H]3CN(C(=O)[C@@H]4CCCN4C(=O)[C@H](C)N)CC[C@@H]3O[C@H]21. The van der Waals surface area contributed by atoms with Gasteiger partial charge in [0.15, 0.2) is 0 Å². The van der Waals surface area contributed by atoms with Gasteiger partial charge in [0, 0.05) is 37.0 Å². The maximum Gasteiger partial charge on any atom is 0.245 e. The third-order valence-electron chi connectivity index (χ3n) is 8.17. The molecule has 33 heavy (non-hydrogen) atoms. The van der Waals surface area contributed by atoms with E-state index < -0.39 is 6.04 Å². The van der Waals surface area contributed by atoms with Crippen LogP contribution < -0.4 is 10.5 Å². The number of piperidine rings is 1. The molecule has 0 radical (unpaired) electrons. The number of fused-ring (bicyclic) bond motifs is 4. The maximum absolute atomic E-state index is 13.4. The smallest absolute Gasteiger partial charge is 0.245 e. The minimum Gasteiger partial charge on any atom is -0.487 e. The summed E-state index contributed by atoms with van der Waals surface area (Å²) >= 11 is 0. The molecule has 0 aliphatic carbocycles. The number of likely N-dealkylation sites (tertiary alicyclic amines) is 2. The van der Waals surface area contributed by atoms with E-state index in [1.165, 1.54) is 5.56 Å². The molecule has 1 aromatic rings. The highest BCUT2D eigenvalue weighted by atomic mass is 16.5. The number of benzene rings is 1. The molecule has 4 aliphatic heterocycles. The molecule has 0 saturated carbocycles. The summed E-state index contributed by atoms with van der Waals surface area (Å²) in [5.41, 5.74) is 7.83. The van der Waals surface area contributed by atoms with Gasteiger partial charge in [0.2, 0.25) is 11.8 Å². The molecule has 0 spiro atoms. The van der Waals surface area contributed by atoms with Gasteiger partial charge in [0.1, 0.15) is 17.4 Å². The van der Waals surface area contributed by atoms with Crippen LogP contribution in [0.25, 0.3) is 0 Å². The maximum atomic E-state index is 13.4. The number of carbonyl (C=O) groups is 2. The Morgan fingerprint density at radius 2 is 2.00 bits per heavy atom. The van der Waals surface area contributed by atoms with Crippen LogP contribution in [-0.4, -0.2) is 65.0 Å². The standard InChI is InChI=1S/C26H37N3O4/c1-15-7-8-18-22(12-15)33-26(3,4)19-13-17-14-28(11-9-21(17)32-23(18)19)25(31)20-6-5-10-29(20)24(30)16(2)27/h7-8,12,16-17,19-21,23H,5-6,9-11,13-14,27H2,1-4H3/t16-,17+,19-,20-,21-,23+/m0/s1. The molecule has 6 atom stereocenters. The Morgan fingerprint density at radius 1 is 1.21 bits per heavy atom. The van der Waals surface area contributed by atoms with Crippen molar-refractivity contribution in [2.45, 2.75) is 83.3 Å². The summed E-state index contributed by atoms with van der Waals surface area (Å²) in [6.45, 7) is 10.1. The van der Waals surface area contributed by atoms with E-state index in [9.17, 15) is 9.59 Å². The fourth-order valence-corrected chi connectivity index (χ4v) is 6.37. The molecule has 4 aliphatic rings. The molecule has 7 heteroatoms. The van der Waals surface area contributed by atoms with Crippen LogP contribution in [0.4, 0.5) is 0 Å². The predicted octanol–water partition coefficient (Wildman–Crippen LogP) is 2.80. The zero-order valence-corrected chi connectivity index (χ0v) is 20.3. The van der Waals surface area contributed by atoms with Gasteiger partial charge in [-0.2, -0.15) is 0 Å². The number of amides is 2. The summed E-state index contributed by atoms with van der Waals surface area (Å²) in [5.74, 6) is 1.39. The normalized spacial score (nSPS) is 33.4. The van der Waals surface area contributed by atoms with Crippen molar-refractivity contribution in [3.63, 3.8) is 0 Å². The second-order valence-corrected chi connectivity index (χ2v) is 11.0. The van der Waals surface area contributed by atoms with Crippen LogP contribution in [0.3, 0.4) is 0 Å². The quantitative estimate of drug-likeness (QED) is 0.741. The summed E-state index contributed by atoms with van der Waals surface area (Å²) in [5, 5.41) is 0. The van der Waals surface area contributed by atoms with E-state index in [1.807, 2.05) is 4.90 Å². The molecule has 0 bridgehead atoms. The van der Waals surface area contributed by atoms with Crippen LogP contribution in [0.15, 0.2) is 18.2 Å². The van der Waals surface area contributed by atoms with Crippen molar-refractivity contribution in [1.82, 2.24) is 9.80 Å². The molecule has 0 aromatic heterocycles. The summed E-state index contributed by atoms with van der Waals surface area (Å²) < 4.78 is 13.2. The third kappa shape index (κ3) is 3.93. The van der Waals surface area contributed by atoms with Crippen LogP contribution >= 0.6 is 0 Å². The molecule has 2 N–H and O–H groups in total. The number of hydrogen-bond acceptors (Lipinski definition) is 5. The van der Waals surface area contributed by atoms with Gasteiger partial charge in [-0.15, -0.1) is 0 Å². The van der Waals surface area contributed by atoms with Gasteiger partial charge in [-0.05, 0) is 65.0 Å². The van der Waals surface area contributed by atoms with E-state index in [0.29, 0.717) is 19.6 Å². The number of nitrogens with two attached hydrogens (primary N) is 1. The molecule has 1 aromatic carbocycles. The lowest BCUT2D eigenvalue weighted by Gasteiger charge is -2.53. The van der Waals surface area contributed by atoms with E-state index in [0.717, 1.165) is 37.0 Å². The van der Waals surface area contributed by atoms with Gasteiger partial charge in [-0.1, -0.05) is 12.1 Å². The lowest BCUT2D eigenvalue weighted by molar-refractivity contribution is -0.189. The first-order chi connectivity index (χ1) is 15.7. The highest BCUT2D eigenvalue weighted by Gasteiger charge is 2.52. The van der Waals surface area contributed by atoms with Gasteiger partial charge < -0.3 is 25.0 Å². The Bertz CT molecular complexity index is 945. The Hall–Kier alpha value is -2.12. The zero-order chi connectivity index (χ0) is 23.5. The molecule has 0 unspecified atom stereocenters. The molecule has 180 valence electrons. The Morgan fingerprint density at radius 3 is 2.76 bits per heavy atom. The molecule has 3 fully saturated rings. The van der Waals surface area contributed by atoms with Crippen molar-refractivity contribution in [3.8, 4) is 5.75 Å². The highest BCUT2D eigenvalue weighted by Crippen LogP contribution is 2.53. The van der Waals surface area contributed by atoms with Crippen LogP contribution in [0.2, 0.25) is 0 Å². The molecule has 4 heterocycles. The fourth-order valence-electron chi connectivity index (χ4n) is 6.37. The predicted molar refractivity (Wildman–Crippen MR) is 125 cm³/mol. The molecule has 2 amide bonds. The van der Waals surface area contributed by atoms with Gasteiger partial charge in [-0.25, -0.2) is 0 Å². The van der Waals surface area contributed by atoms with Gasteiger partial charge in [-0.3, -0.25) is 9.59 Å². The van der Waals surface area contributed by atoms with E-state index in [4.69, 9.17) is 15.2 Å². The number of nitrogens with zero attached hydrogens (tertiary/aromatic N) is 2. The Labute approximate surface area is 196 Å². The van der Waals surface area contributed by atoms with Gasteiger partial charge in [0.25, 0.3) is 0 Å². The second kappa shape index (κ2) is 8.27. The number of carbonyl (C=O) groups excluding carboxylic acids is 2. The van der Waals surface area contributed by atoms with Crippen LogP contribution in [0.5, 0.6) is 5.75 Å². The Balaban J connectivity index is 1.32. The van der Waals surface area contributed by atoms with Crippen molar-refractivity contribution in [2.24, 2.45) is 17.6 Å². The van der Waals surface area contributed by atoms with E-state index >= 15 is 0 Å². The lowest BCUT2D eigenvalue weighted by atomic mass is 9.70. The van der Waals surface area contributed by atoms with E-state index in [-0.39, 0.29) is 47.5 Å². The Kier molecular flexibility index (Phi) is 5.68. The first kappa shape index (κ1) is 22.7. The van der Waals surface area contributed by atoms with Crippen LogP contribution in [-0.2, 0) is 14.3 Å². The van der Waals surface area contributed by atoms with Crippen molar-refractivity contribution >= 4 is 11.8 Å². The minimum absolute atomic E-state index is 0.0295. The third-order valence-corrected chi connectivity index (χ3v) is 8.17. The molecular weight excluding hydrogens is 418 g/mol. The van der Waals surface area contributed by atoms with Crippen molar-refractivity contribution in [2.75, 3.05) is 19.6 Å².